The summed E-state index contributed by atoms with van der Waals surface area (Å²) in [6, 6.07) is -1.31. The summed E-state index contributed by atoms with van der Waals surface area (Å²) >= 11 is 0. The van der Waals surface area contributed by atoms with Crippen molar-refractivity contribution in [2.45, 2.75) is 95.6 Å². The van der Waals surface area contributed by atoms with Crippen LogP contribution in [0.3, 0.4) is 0 Å². The molecule has 0 aromatic rings. The lowest BCUT2D eigenvalue weighted by Gasteiger charge is -2.37. The van der Waals surface area contributed by atoms with Crippen molar-refractivity contribution in [2.24, 2.45) is 35.0 Å². The maximum absolute atomic E-state index is 13.8. The quantitative estimate of drug-likeness (QED) is 0.465. The number of nitriles is 1. The van der Waals surface area contributed by atoms with E-state index in [1.54, 1.807) is 20.8 Å². The highest BCUT2D eigenvalue weighted by Crippen LogP contribution is 2.57. The molecule has 2 aliphatic heterocycles. The number of nitrogens with one attached hydrogen (secondary N) is 3. The number of halogens is 3. The molecule has 4 amide bonds. The number of alkyl halides is 3. The van der Waals surface area contributed by atoms with E-state index in [2.05, 4.69) is 16.7 Å². The minimum atomic E-state index is -5.16. The minimum absolute atomic E-state index is 0.0401. The number of rotatable bonds is 6. The third kappa shape index (κ3) is 5.09. The average Bonchev–Trinajstić information content (AvgIpc) is 3.19. The van der Waals surface area contributed by atoms with Gasteiger partial charge in [-0.05, 0) is 74.0 Å². The normalized spacial score (nSPS) is 33.8. The van der Waals surface area contributed by atoms with E-state index in [9.17, 15) is 37.6 Å². The van der Waals surface area contributed by atoms with Gasteiger partial charge in [0.05, 0.1) is 6.07 Å². The summed E-state index contributed by atoms with van der Waals surface area (Å²) < 4.78 is 39.3. The summed E-state index contributed by atoms with van der Waals surface area (Å²) in [5.41, 5.74) is -1.22. The van der Waals surface area contributed by atoms with E-state index in [0.29, 0.717) is 12.3 Å². The lowest BCUT2D eigenvalue weighted by molar-refractivity contribution is -0.176. The number of fused-ring (bicyclic) bond motifs is 5. The fourth-order valence-corrected chi connectivity index (χ4v) is 7.67. The molecule has 0 radical (unpaired) electrons. The van der Waals surface area contributed by atoms with E-state index in [1.165, 1.54) is 4.90 Å². The van der Waals surface area contributed by atoms with E-state index >= 15 is 0 Å². The largest absolute Gasteiger partial charge is 0.471 e. The van der Waals surface area contributed by atoms with Crippen LogP contribution in [0.2, 0.25) is 0 Å². The number of likely N-dealkylation sites (tertiary alicyclic amines) is 1. The number of carbonyl (C=O) groups is 4. The van der Waals surface area contributed by atoms with Crippen LogP contribution in [0.1, 0.15) is 65.7 Å². The highest BCUT2D eigenvalue weighted by Gasteiger charge is 2.60. The number of hydrogen-bond donors (Lipinski definition) is 3. The fraction of sp³-hybridized carbons (Fsp3) is 0.815. The average molecular weight is 552 g/mol. The van der Waals surface area contributed by atoms with E-state index in [1.807, 2.05) is 5.32 Å². The summed E-state index contributed by atoms with van der Waals surface area (Å²) in [5.74, 6) is -3.55. The Kier molecular flexibility index (Phi) is 6.66. The van der Waals surface area contributed by atoms with Gasteiger partial charge < -0.3 is 20.9 Å². The molecule has 5 rings (SSSR count). The Labute approximate surface area is 225 Å². The zero-order chi connectivity index (χ0) is 28.5. The van der Waals surface area contributed by atoms with E-state index in [4.69, 9.17) is 0 Å². The lowest BCUT2D eigenvalue weighted by atomic mass is 9.78. The molecular formula is C27H36F3N5O4. The Balaban J connectivity index is 1.36. The lowest BCUT2D eigenvalue weighted by Crippen LogP contribution is -2.60. The second kappa shape index (κ2) is 9.37. The minimum Gasteiger partial charge on any atom is -0.350 e. The molecule has 5 fully saturated rings. The van der Waals surface area contributed by atoms with Gasteiger partial charge in [-0.25, -0.2) is 0 Å². The second-order valence-corrected chi connectivity index (χ2v) is 13.4. The highest BCUT2D eigenvalue weighted by atomic mass is 19.4. The standard InChI is InChI=1S/C27H36F3N5O4/c1-25(2,3)20(33-24(39)27(28,29)30)23(38)35-12-17-13-4-5-14(8-13)18(17)19(35)22(37)32-16(11-31)9-15-10-26(6-7-26)34-21(15)36/h13-20H,4-10,12H2,1-3H3,(H,32,37)(H,33,39)(H,34,36)/t13-,14+,15-,16+,17-,18+,19+,20-/m1/s1. The molecule has 39 heavy (non-hydrogen) atoms. The molecule has 2 bridgehead atoms. The van der Waals surface area contributed by atoms with Gasteiger partial charge >= 0.3 is 12.1 Å². The second-order valence-electron chi connectivity index (χ2n) is 13.4. The van der Waals surface area contributed by atoms with Crippen LogP contribution in [-0.4, -0.2) is 64.9 Å². The Hall–Kier alpha value is -2.84. The van der Waals surface area contributed by atoms with Crippen molar-refractivity contribution in [1.82, 2.24) is 20.9 Å². The van der Waals surface area contributed by atoms with Crippen LogP contribution in [0.4, 0.5) is 13.2 Å². The fourth-order valence-electron chi connectivity index (χ4n) is 7.67. The zero-order valence-electron chi connectivity index (χ0n) is 22.4. The van der Waals surface area contributed by atoms with Crippen LogP contribution >= 0.6 is 0 Å². The predicted molar refractivity (Wildman–Crippen MR) is 131 cm³/mol. The number of nitrogens with zero attached hydrogens (tertiary/aromatic N) is 2. The number of carbonyl (C=O) groups excluding carboxylic acids is 4. The van der Waals surface area contributed by atoms with Crippen molar-refractivity contribution in [3.63, 3.8) is 0 Å². The summed E-state index contributed by atoms with van der Waals surface area (Å²) in [5, 5.41) is 17.4. The van der Waals surface area contributed by atoms with Gasteiger partial charge in [0.1, 0.15) is 18.1 Å². The van der Waals surface area contributed by atoms with E-state index in [0.717, 1.165) is 32.1 Å². The van der Waals surface area contributed by atoms with E-state index in [-0.39, 0.29) is 42.2 Å². The van der Waals surface area contributed by atoms with Crippen molar-refractivity contribution in [3.05, 3.63) is 0 Å². The molecule has 3 aliphatic carbocycles. The Morgan fingerprint density at radius 2 is 1.82 bits per heavy atom. The summed E-state index contributed by atoms with van der Waals surface area (Å²) in [6.07, 6.45) is 0.268. The highest BCUT2D eigenvalue weighted by molar-refractivity contribution is 5.94. The number of amides is 4. The van der Waals surface area contributed by atoms with Crippen LogP contribution in [-0.2, 0) is 19.2 Å². The SMILES string of the molecule is CC(C)(C)[C@H](NC(=O)C(F)(F)F)C(=O)N1C[C@@H]2[C@@H]3CC[C@@H](C3)[C@@H]2[C@H]1C(=O)N[C@H](C#N)C[C@@H]1CC2(CC2)NC1=O. The van der Waals surface area contributed by atoms with Crippen LogP contribution in [0.5, 0.6) is 0 Å². The van der Waals surface area contributed by atoms with Gasteiger partial charge in [-0.3, -0.25) is 19.2 Å². The smallest absolute Gasteiger partial charge is 0.350 e. The summed E-state index contributed by atoms with van der Waals surface area (Å²) in [6.45, 7) is 4.91. The molecule has 1 spiro atoms. The first-order valence-corrected chi connectivity index (χ1v) is 13.8. The van der Waals surface area contributed by atoms with Crippen LogP contribution in [0, 0.1) is 46.3 Å². The van der Waals surface area contributed by atoms with Crippen LogP contribution in [0.15, 0.2) is 0 Å². The van der Waals surface area contributed by atoms with Crippen molar-refractivity contribution >= 4 is 23.6 Å². The summed E-state index contributed by atoms with van der Waals surface area (Å²) in [4.78, 5) is 53.2. The molecule has 0 aromatic carbocycles. The Morgan fingerprint density at radius 3 is 2.38 bits per heavy atom. The van der Waals surface area contributed by atoms with Gasteiger partial charge in [0.25, 0.3) is 0 Å². The Morgan fingerprint density at radius 1 is 1.15 bits per heavy atom. The first kappa shape index (κ1) is 27.7. The third-order valence-electron chi connectivity index (χ3n) is 9.71. The molecule has 214 valence electrons. The molecule has 2 saturated heterocycles. The summed E-state index contributed by atoms with van der Waals surface area (Å²) in [7, 11) is 0. The first-order valence-electron chi connectivity index (χ1n) is 13.8. The van der Waals surface area contributed by atoms with Gasteiger partial charge in [0.15, 0.2) is 0 Å². The van der Waals surface area contributed by atoms with Gasteiger partial charge in [0, 0.05) is 18.0 Å². The van der Waals surface area contributed by atoms with Gasteiger partial charge in [-0.2, -0.15) is 18.4 Å². The zero-order valence-corrected chi connectivity index (χ0v) is 22.4. The van der Waals surface area contributed by atoms with Crippen LogP contribution in [0.25, 0.3) is 0 Å². The molecule has 0 aromatic heterocycles. The predicted octanol–water partition coefficient (Wildman–Crippen LogP) is 2.02. The molecular weight excluding hydrogens is 515 g/mol. The van der Waals surface area contributed by atoms with Gasteiger partial charge in [0.2, 0.25) is 17.7 Å². The van der Waals surface area contributed by atoms with Crippen LogP contribution < -0.4 is 16.0 Å². The molecule has 3 saturated carbocycles. The number of hydrogen-bond acceptors (Lipinski definition) is 5. The van der Waals surface area contributed by atoms with Gasteiger partial charge in [-0.15, -0.1) is 0 Å². The maximum Gasteiger partial charge on any atom is 0.471 e. The molecule has 12 heteroatoms. The molecule has 9 nitrogen and oxygen atoms in total. The molecule has 0 unspecified atom stereocenters. The van der Waals surface area contributed by atoms with Crippen molar-refractivity contribution < 1.29 is 32.3 Å². The maximum atomic E-state index is 13.8. The monoisotopic (exact) mass is 551 g/mol. The van der Waals surface area contributed by atoms with E-state index < -0.39 is 53.4 Å². The third-order valence-corrected chi connectivity index (χ3v) is 9.71. The Bertz CT molecular complexity index is 1110. The van der Waals surface area contributed by atoms with Gasteiger partial charge in [-0.1, -0.05) is 20.8 Å². The van der Waals surface area contributed by atoms with Crippen molar-refractivity contribution in [1.29, 1.82) is 5.26 Å². The molecule has 3 N–H and O–H groups in total. The first-order chi connectivity index (χ1) is 18.1. The van der Waals surface area contributed by atoms with Crippen molar-refractivity contribution in [2.75, 3.05) is 6.54 Å². The van der Waals surface area contributed by atoms with Crippen molar-refractivity contribution in [3.8, 4) is 6.07 Å². The topological polar surface area (TPSA) is 131 Å². The molecule has 2 heterocycles. The molecule has 5 aliphatic rings. The molecule has 8 atom stereocenters.